The van der Waals surface area contributed by atoms with Crippen LogP contribution in [0.1, 0.15) is 5.56 Å². The molecule has 25 heavy (non-hydrogen) atoms. The van der Waals surface area contributed by atoms with Gasteiger partial charge in [-0.3, -0.25) is 10.1 Å². The highest BCUT2D eigenvalue weighted by molar-refractivity contribution is 6.05. The molecular formula is C17H16N2O6. The van der Waals surface area contributed by atoms with E-state index in [2.05, 4.69) is 0 Å². The van der Waals surface area contributed by atoms with Crippen LogP contribution >= 0.6 is 0 Å². The summed E-state index contributed by atoms with van der Waals surface area (Å²) in [5.74, 6) is -1.59. The molecule has 0 saturated heterocycles. The number of nitro benzene ring substituents is 1. The summed E-state index contributed by atoms with van der Waals surface area (Å²) in [5.41, 5.74) is 0.346. The van der Waals surface area contributed by atoms with E-state index in [0.717, 1.165) is 7.11 Å². The van der Waals surface area contributed by atoms with Gasteiger partial charge in [0, 0.05) is 12.3 Å². The molecule has 2 rings (SSSR count). The summed E-state index contributed by atoms with van der Waals surface area (Å²) in [6.45, 7) is 1.72. The lowest BCUT2D eigenvalue weighted by atomic mass is 10.1. The number of carbonyl (C=O) groups excluding carboxylic acids is 2. The molecule has 0 spiro atoms. The van der Waals surface area contributed by atoms with Crippen molar-refractivity contribution in [3.8, 4) is 0 Å². The predicted molar refractivity (Wildman–Crippen MR) is 89.7 cm³/mol. The summed E-state index contributed by atoms with van der Waals surface area (Å²) in [7, 11) is 2.33. The quantitative estimate of drug-likeness (QED) is 0.470. The number of benzene rings is 1. The number of nitro groups is 1. The van der Waals surface area contributed by atoms with Gasteiger partial charge in [0.05, 0.1) is 24.7 Å². The Hall–Kier alpha value is -3.42. The Bertz CT molecular complexity index is 822. The van der Waals surface area contributed by atoms with Gasteiger partial charge in [-0.05, 0) is 30.7 Å². The summed E-state index contributed by atoms with van der Waals surface area (Å²) in [5, 5.41) is 11.4. The van der Waals surface area contributed by atoms with E-state index in [0.29, 0.717) is 5.56 Å². The van der Waals surface area contributed by atoms with Crippen molar-refractivity contribution >= 4 is 23.3 Å². The largest absolute Gasteiger partial charge is 0.465 e. The smallest absolute Gasteiger partial charge is 0.355 e. The van der Waals surface area contributed by atoms with Crippen molar-refractivity contribution in [1.29, 1.82) is 0 Å². The normalized spacial score (nSPS) is 13.5. The van der Waals surface area contributed by atoms with Crippen molar-refractivity contribution in [3.05, 3.63) is 69.6 Å². The Balaban J connectivity index is 2.76. The Labute approximate surface area is 143 Å². The van der Waals surface area contributed by atoms with E-state index in [1.807, 2.05) is 0 Å². The molecule has 1 aliphatic rings. The minimum atomic E-state index is -0.827. The number of rotatable bonds is 4. The average Bonchev–Trinajstić information content (AvgIpc) is 2.83. The van der Waals surface area contributed by atoms with E-state index in [1.165, 1.54) is 42.5 Å². The molecule has 0 aliphatic carbocycles. The molecule has 1 aliphatic heterocycles. The molecule has 0 N–H and O–H groups in total. The first-order valence-electron chi connectivity index (χ1n) is 7.20. The Morgan fingerprint density at radius 3 is 2.40 bits per heavy atom. The number of aryl methyl sites for hydroxylation is 1. The number of methoxy groups -OCH3 is 2. The highest BCUT2D eigenvalue weighted by Crippen LogP contribution is 2.34. The second-order valence-corrected chi connectivity index (χ2v) is 5.07. The van der Waals surface area contributed by atoms with E-state index in [9.17, 15) is 19.7 Å². The molecule has 8 heteroatoms. The molecule has 0 bridgehead atoms. The van der Waals surface area contributed by atoms with Gasteiger partial charge in [-0.15, -0.1) is 0 Å². The van der Waals surface area contributed by atoms with E-state index < -0.39 is 16.9 Å². The zero-order valence-electron chi connectivity index (χ0n) is 13.9. The van der Waals surface area contributed by atoms with Gasteiger partial charge in [0.25, 0.3) is 5.69 Å². The van der Waals surface area contributed by atoms with Gasteiger partial charge in [0.2, 0.25) is 0 Å². The number of nitrogens with zero attached hydrogens (tertiary/aromatic N) is 2. The number of hydrogen-bond donors (Lipinski definition) is 0. The van der Waals surface area contributed by atoms with Gasteiger partial charge in [-0.1, -0.05) is 12.1 Å². The fourth-order valence-electron chi connectivity index (χ4n) is 2.33. The van der Waals surface area contributed by atoms with Gasteiger partial charge in [0.1, 0.15) is 11.4 Å². The second-order valence-electron chi connectivity index (χ2n) is 5.07. The first-order chi connectivity index (χ1) is 11.9. The fraction of sp³-hybridized carbons (Fsp3) is 0.176. The number of carbonyl (C=O) groups is 2. The first-order valence-corrected chi connectivity index (χ1v) is 7.20. The maximum Gasteiger partial charge on any atom is 0.355 e. The van der Waals surface area contributed by atoms with E-state index in [4.69, 9.17) is 9.47 Å². The van der Waals surface area contributed by atoms with Gasteiger partial charge in [-0.25, -0.2) is 9.59 Å². The zero-order chi connectivity index (χ0) is 18.6. The number of esters is 2. The molecule has 0 radical (unpaired) electrons. The van der Waals surface area contributed by atoms with Gasteiger partial charge in [0.15, 0.2) is 0 Å². The number of anilines is 1. The number of hydrogen-bond acceptors (Lipinski definition) is 7. The van der Waals surface area contributed by atoms with Crippen molar-refractivity contribution in [1.82, 2.24) is 0 Å². The third-order valence-corrected chi connectivity index (χ3v) is 3.48. The minimum Gasteiger partial charge on any atom is -0.465 e. The average molecular weight is 344 g/mol. The van der Waals surface area contributed by atoms with Crippen LogP contribution in [-0.2, 0) is 19.1 Å². The lowest BCUT2D eigenvalue weighted by Gasteiger charge is -2.22. The zero-order valence-corrected chi connectivity index (χ0v) is 13.9. The van der Waals surface area contributed by atoms with Crippen molar-refractivity contribution < 1.29 is 24.0 Å². The summed E-state index contributed by atoms with van der Waals surface area (Å²) in [6, 6.07) is 4.55. The van der Waals surface area contributed by atoms with E-state index >= 15 is 0 Å². The molecule has 1 aromatic rings. The lowest BCUT2D eigenvalue weighted by Crippen LogP contribution is -2.27. The SMILES string of the molecule is COC(=O)C1=C(C(=O)OC)N(c2ccc(C)cc2[N+](=O)[O-])C=CC=C1. The van der Waals surface area contributed by atoms with Gasteiger partial charge in [-0.2, -0.15) is 0 Å². The van der Waals surface area contributed by atoms with Crippen molar-refractivity contribution in [3.63, 3.8) is 0 Å². The highest BCUT2D eigenvalue weighted by Gasteiger charge is 2.30. The van der Waals surface area contributed by atoms with E-state index in [-0.39, 0.29) is 22.6 Å². The lowest BCUT2D eigenvalue weighted by molar-refractivity contribution is -0.384. The number of allylic oxidation sites excluding steroid dienone is 2. The van der Waals surface area contributed by atoms with Crippen molar-refractivity contribution in [2.45, 2.75) is 6.92 Å². The first kappa shape index (κ1) is 17.9. The van der Waals surface area contributed by atoms with E-state index in [1.54, 1.807) is 19.1 Å². The molecule has 1 heterocycles. The molecule has 0 unspecified atom stereocenters. The van der Waals surface area contributed by atoms with Gasteiger partial charge < -0.3 is 14.4 Å². The summed E-state index contributed by atoms with van der Waals surface area (Å²) >= 11 is 0. The molecule has 0 aromatic heterocycles. The molecule has 0 fully saturated rings. The fourth-order valence-corrected chi connectivity index (χ4v) is 2.33. The molecule has 0 saturated carbocycles. The molecule has 0 amide bonds. The maximum atomic E-state index is 12.3. The Kier molecular flexibility index (Phi) is 5.33. The monoisotopic (exact) mass is 344 g/mol. The maximum absolute atomic E-state index is 12.3. The van der Waals surface area contributed by atoms with Crippen LogP contribution in [0.5, 0.6) is 0 Å². The minimum absolute atomic E-state index is 0.0748. The predicted octanol–water partition coefficient (Wildman–Crippen LogP) is 2.39. The van der Waals surface area contributed by atoms with Gasteiger partial charge >= 0.3 is 11.9 Å². The van der Waals surface area contributed by atoms with Crippen LogP contribution in [0.2, 0.25) is 0 Å². The van der Waals surface area contributed by atoms with Crippen LogP contribution in [0.4, 0.5) is 11.4 Å². The Morgan fingerprint density at radius 1 is 1.12 bits per heavy atom. The van der Waals surface area contributed by atoms with Crippen molar-refractivity contribution in [2.24, 2.45) is 0 Å². The highest BCUT2D eigenvalue weighted by atomic mass is 16.6. The summed E-state index contributed by atoms with van der Waals surface area (Å²) in [6.07, 6.45) is 5.89. The van der Waals surface area contributed by atoms with Crippen LogP contribution in [0.3, 0.4) is 0 Å². The molecule has 1 aromatic carbocycles. The summed E-state index contributed by atoms with van der Waals surface area (Å²) < 4.78 is 9.47. The van der Waals surface area contributed by atoms with Crippen LogP contribution in [0, 0.1) is 17.0 Å². The molecule has 8 nitrogen and oxygen atoms in total. The third kappa shape index (κ3) is 3.57. The summed E-state index contributed by atoms with van der Waals surface area (Å²) in [4.78, 5) is 36.5. The van der Waals surface area contributed by atoms with Crippen molar-refractivity contribution in [2.75, 3.05) is 19.1 Å². The second kappa shape index (κ2) is 7.43. The van der Waals surface area contributed by atoms with Crippen LogP contribution in [-0.4, -0.2) is 31.1 Å². The van der Waals surface area contributed by atoms with Crippen LogP contribution in [0.25, 0.3) is 0 Å². The molecule has 0 atom stereocenters. The topological polar surface area (TPSA) is 99.0 Å². The van der Waals surface area contributed by atoms with Crippen LogP contribution < -0.4 is 4.90 Å². The standard InChI is InChI=1S/C17H16N2O6/c1-11-7-8-13(14(10-11)19(22)23)18-9-5-4-6-12(16(20)24-2)15(18)17(21)25-3/h4-10H,1-3H3. The molecular weight excluding hydrogens is 328 g/mol. The van der Waals surface area contributed by atoms with Crippen LogP contribution in [0.15, 0.2) is 53.9 Å². The Morgan fingerprint density at radius 2 is 1.80 bits per heavy atom. The molecule has 130 valence electrons. The number of ether oxygens (including phenoxy) is 2. The third-order valence-electron chi connectivity index (χ3n) is 3.48.